The number of carbonyl (C=O) groups excluding carboxylic acids is 1. The molecule has 2 aromatic heterocycles. The molecule has 2 heterocycles. The summed E-state index contributed by atoms with van der Waals surface area (Å²) < 4.78 is 12.2. The number of halogens is 1. The van der Waals surface area contributed by atoms with E-state index in [2.05, 4.69) is 22.0 Å². The van der Waals surface area contributed by atoms with Crippen molar-refractivity contribution in [3.8, 4) is 11.8 Å². The van der Waals surface area contributed by atoms with Gasteiger partial charge in [0.1, 0.15) is 24.2 Å². The molecule has 3 rings (SSSR count). The van der Waals surface area contributed by atoms with Gasteiger partial charge in [-0.3, -0.25) is 4.79 Å². The van der Waals surface area contributed by atoms with Gasteiger partial charge in [0.05, 0.1) is 12.1 Å². The second-order valence-electron chi connectivity index (χ2n) is 5.56. The van der Waals surface area contributed by atoms with E-state index < -0.39 is 0 Å². The Morgan fingerprint density at radius 3 is 2.88 bits per heavy atom. The average molecular weight is 431 g/mol. The highest BCUT2D eigenvalue weighted by molar-refractivity contribution is 9.10. The first-order valence-electron chi connectivity index (χ1n) is 7.76. The lowest BCUT2D eigenvalue weighted by molar-refractivity contribution is 0.0750. The number of ether oxygens (including phenoxy) is 1. The lowest BCUT2D eigenvalue weighted by atomic mass is 10.2. The molecule has 1 amide bonds. The van der Waals surface area contributed by atoms with Gasteiger partial charge in [0.2, 0.25) is 0 Å². The number of carbonyl (C=O) groups is 1. The Balaban J connectivity index is 1.61. The van der Waals surface area contributed by atoms with Gasteiger partial charge in [-0.25, -0.2) is 0 Å². The quantitative estimate of drug-likeness (QED) is 0.561. The van der Waals surface area contributed by atoms with Crippen LogP contribution in [0.15, 0.2) is 56.7 Å². The van der Waals surface area contributed by atoms with Crippen molar-refractivity contribution in [2.24, 2.45) is 0 Å². The maximum atomic E-state index is 12.5. The lowest BCUT2D eigenvalue weighted by Crippen LogP contribution is -2.25. The Bertz CT molecular complexity index is 958. The maximum absolute atomic E-state index is 12.5. The molecule has 0 radical (unpaired) electrons. The summed E-state index contributed by atoms with van der Waals surface area (Å²) in [6.07, 6.45) is 0. The van der Waals surface area contributed by atoms with Crippen LogP contribution < -0.4 is 4.74 Å². The van der Waals surface area contributed by atoms with Gasteiger partial charge in [0.25, 0.3) is 5.91 Å². The minimum atomic E-state index is -0.196. The summed E-state index contributed by atoms with van der Waals surface area (Å²) in [5.41, 5.74) is 0.456. The number of nitriles is 1. The smallest absolute Gasteiger partial charge is 0.289 e. The largest absolute Gasteiger partial charge is 0.484 e. The maximum Gasteiger partial charge on any atom is 0.289 e. The van der Waals surface area contributed by atoms with Crippen LogP contribution in [0.2, 0.25) is 0 Å². The van der Waals surface area contributed by atoms with Crippen molar-refractivity contribution < 1.29 is 13.9 Å². The van der Waals surface area contributed by atoms with Gasteiger partial charge < -0.3 is 14.1 Å². The molecule has 26 heavy (non-hydrogen) atoms. The number of benzene rings is 1. The second-order valence-corrected chi connectivity index (χ2v) is 7.47. The fourth-order valence-corrected chi connectivity index (χ4v) is 3.84. The van der Waals surface area contributed by atoms with Crippen LogP contribution in [0.25, 0.3) is 0 Å². The molecule has 3 aromatic rings. The molecule has 0 fully saturated rings. The summed E-state index contributed by atoms with van der Waals surface area (Å²) >= 11 is 5.00. The molecule has 132 valence electrons. The number of nitrogens with zero attached hydrogens (tertiary/aromatic N) is 2. The van der Waals surface area contributed by atoms with Crippen LogP contribution in [0.1, 0.15) is 26.8 Å². The molecule has 0 spiro atoms. The number of para-hydroxylation sites is 1. The van der Waals surface area contributed by atoms with E-state index in [9.17, 15) is 4.79 Å². The van der Waals surface area contributed by atoms with E-state index in [0.717, 1.165) is 9.35 Å². The van der Waals surface area contributed by atoms with Gasteiger partial charge in [0.15, 0.2) is 5.76 Å². The van der Waals surface area contributed by atoms with E-state index in [-0.39, 0.29) is 18.3 Å². The highest BCUT2D eigenvalue weighted by Gasteiger charge is 2.17. The first kappa shape index (κ1) is 18.2. The first-order chi connectivity index (χ1) is 12.6. The predicted octanol–water partition coefficient (Wildman–Crippen LogP) is 4.83. The normalized spacial score (nSPS) is 10.3. The predicted molar refractivity (Wildman–Crippen MR) is 102 cm³/mol. The van der Waals surface area contributed by atoms with E-state index in [4.69, 9.17) is 14.4 Å². The Hall–Kier alpha value is -2.56. The van der Waals surface area contributed by atoms with Crippen molar-refractivity contribution in [1.82, 2.24) is 4.90 Å². The molecule has 0 bridgehead atoms. The number of thiophene rings is 1. The summed E-state index contributed by atoms with van der Waals surface area (Å²) in [6.45, 7) is 0.657. The Morgan fingerprint density at radius 1 is 1.35 bits per heavy atom. The number of furan rings is 1. The fourth-order valence-electron chi connectivity index (χ4n) is 2.33. The molecule has 0 saturated carbocycles. The highest BCUT2D eigenvalue weighted by atomic mass is 79.9. The summed E-state index contributed by atoms with van der Waals surface area (Å²) in [4.78, 5) is 15.2. The van der Waals surface area contributed by atoms with Crippen molar-refractivity contribution >= 4 is 33.2 Å². The van der Waals surface area contributed by atoms with Crippen molar-refractivity contribution in [3.05, 3.63) is 74.3 Å². The van der Waals surface area contributed by atoms with Crippen LogP contribution >= 0.6 is 27.3 Å². The summed E-state index contributed by atoms with van der Waals surface area (Å²) in [5.74, 6) is 1.07. The second kappa shape index (κ2) is 8.21. The van der Waals surface area contributed by atoms with Crippen molar-refractivity contribution in [1.29, 1.82) is 5.26 Å². The van der Waals surface area contributed by atoms with Gasteiger partial charge in [-0.1, -0.05) is 12.1 Å². The minimum Gasteiger partial charge on any atom is -0.484 e. The highest BCUT2D eigenvalue weighted by Crippen LogP contribution is 2.22. The molecule has 0 atom stereocenters. The van der Waals surface area contributed by atoms with E-state index in [1.165, 1.54) is 0 Å². The molecule has 0 aliphatic rings. The topological polar surface area (TPSA) is 66.5 Å². The lowest BCUT2D eigenvalue weighted by Gasteiger charge is -2.14. The van der Waals surface area contributed by atoms with Gasteiger partial charge >= 0.3 is 0 Å². The van der Waals surface area contributed by atoms with Crippen LogP contribution in [0.3, 0.4) is 0 Å². The number of amides is 1. The van der Waals surface area contributed by atoms with Crippen LogP contribution in [0.4, 0.5) is 0 Å². The summed E-state index contributed by atoms with van der Waals surface area (Å²) in [7, 11) is 1.73. The molecule has 0 unspecified atom stereocenters. The van der Waals surface area contributed by atoms with E-state index in [0.29, 0.717) is 23.6 Å². The third-order valence-corrected chi connectivity index (χ3v) is 5.29. The zero-order valence-corrected chi connectivity index (χ0v) is 16.3. The van der Waals surface area contributed by atoms with Crippen LogP contribution in [-0.4, -0.2) is 17.9 Å². The monoisotopic (exact) mass is 430 g/mol. The molecule has 0 saturated heterocycles. The van der Waals surface area contributed by atoms with Gasteiger partial charge in [-0.05, 0) is 46.3 Å². The number of hydrogen-bond acceptors (Lipinski definition) is 5. The molecule has 0 aliphatic carbocycles. The molecule has 1 aromatic carbocycles. The third-order valence-electron chi connectivity index (χ3n) is 3.61. The fraction of sp³-hybridized carbons (Fsp3) is 0.158. The summed E-state index contributed by atoms with van der Waals surface area (Å²) in [5, 5.41) is 11.1. The molecule has 0 N–H and O–H groups in total. The van der Waals surface area contributed by atoms with Gasteiger partial charge in [-0.15, -0.1) is 11.3 Å². The minimum absolute atomic E-state index is 0.146. The van der Waals surface area contributed by atoms with Crippen molar-refractivity contribution in [3.63, 3.8) is 0 Å². The zero-order valence-electron chi connectivity index (χ0n) is 13.9. The average Bonchev–Trinajstić information content (AvgIpc) is 3.28. The summed E-state index contributed by atoms with van der Waals surface area (Å²) in [6, 6.07) is 14.4. The van der Waals surface area contributed by atoms with E-state index in [1.807, 2.05) is 11.4 Å². The van der Waals surface area contributed by atoms with Crippen LogP contribution in [-0.2, 0) is 13.2 Å². The first-order valence-corrected chi connectivity index (χ1v) is 9.43. The Labute approximate surface area is 163 Å². The molecule has 5 nitrogen and oxygen atoms in total. The van der Waals surface area contributed by atoms with Crippen LogP contribution in [0.5, 0.6) is 5.75 Å². The molecular formula is C19H15BrN2O3S. The molecule has 7 heteroatoms. The number of hydrogen-bond donors (Lipinski definition) is 0. The van der Waals surface area contributed by atoms with Gasteiger partial charge in [0, 0.05) is 21.8 Å². The van der Waals surface area contributed by atoms with Gasteiger partial charge in [-0.2, -0.15) is 5.26 Å². The molecular weight excluding hydrogens is 416 g/mol. The van der Waals surface area contributed by atoms with Crippen LogP contribution in [0, 0.1) is 11.3 Å². The Kier molecular flexibility index (Phi) is 5.76. The van der Waals surface area contributed by atoms with Crippen molar-refractivity contribution in [2.45, 2.75) is 13.2 Å². The third kappa shape index (κ3) is 4.34. The van der Waals surface area contributed by atoms with Crippen molar-refractivity contribution in [2.75, 3.05) is 7.05 Å². The SMILES string of the molecule is CN(Cc1cc(Br)cs1)C(=O)c1ccc(COc2ccccc2C#N)o1. The zero-order chi connectivity index (χ0) is 18.5. The van der Waals surface area contributed by atoms with E-state index >= 15 is 0 Å². The van der Waals surface area contributed by atoms with E-state index in [1.54, 1.807) is 59.7 Å². The molecule has 0 aliphatic heterocycles. The standard InChI is InChI=1S/C19H15BrN2O3S/c1-22(10-16-8-14(20)12-26-16)19(23)18-7-6-15(25-18)11-24-17-5-3-2-4-13(17)9-21/h2-8,12H,10-11H2,1H3. The number of rotatable bonds is 6. The Morgan fingerprint density at radius 2 is 2.15 bits per heavy atom.